The average Bonchev–Trinajstić information content (AvgIpc) is 3.12. The number of rotatable bonds is 7. The Balaban J connectivity index is 1.24. The zero-order valence-electron chi connectivity index (χ0n) is 19.4. The quantitative estimate of drug-likeness (QED) is 0.405. The summed E-state index contributed by atoms with van der Waals surface area (Å²) in [5.74, 6) is 0.0788. The van der Waals surface area contributed by atoms with Crippen molar-refractivity contribution in [2.45, 2.75) is 19.8 Å². The minimum Gasteiger partial charge on any atom is -0.368 e. The largest absolute Gasteiger partial charge is 0.368 e. The van der Waals surface area contributed by atoms with E-state index in [0.29, 0.717) is 28.6 Å². The van der Waals surface area contributed by atoms with E-state index in [2.05, 4.69) is 17.0 Å². The molecule has 2 fully saturated rings. The van der Waals surface area contributed by atoms with Crippen molar-refractivity contribution in [2.75, 3.05) is 37.6 Å². The molecule has 0 radical (unpaired) electrons. The van der Waals surface area contributed by atoms with E-state index in [0.717, 1.165) is 37.3 Å². The van der Waals surface area contributed by atoms with Crippen LogP contribution >= 0.6 is 24.0 Å². The fourth-order valence-corrected chi connectivity index (χ4v) is 5.51. The lowest BCUT2D eigenvalue weighted by molar-refractivity contribution is -0.132. The summed E-state index contributed by atoms with van der Waals surface area (Å²) >= 11 is 6.78. The van der Waals surface area contributed by atoms with Gasteiger partial charge in [-0.25, -0.2) is 0 Å². The highest BCUT2D eigenvalue weighted by molar-refractivity contribution is 8.26. The minimum atomic E-state index is -0.0697. The van der Waals surface area contributed by atoms with Gasteiger partial charge < -0.3 is 9.80 Å². The molecule has 5 nitrogen and oxygen atoms in total. The second-order valence-corrected chi connectivity index (χ2v) is 10.1. The second-order valence-electron chi connectivity index (χ2n) is 8.44. The number of hydrogen-bond acceptors (Lipinski definition) is 5. The topological polar surface area (TPSA) is 43.9 Å². The predicted molar refractivity (Wildman–Crippen MR) is 145 cm³/mol. The number of para-hydroxylation sites is 1. The Kier molecular flexibility index (Phi) is 8.19. The molecule has 0 unspecified atom stereocenters. The Hall–Kier alpha value is -2.90. The number of carbonyl (C=O) groups is 2. The summed E-state index contributed by atoms with van der Waals surface area (Å²) in [5.41, 5.74) is 3.29. The number of benzene rings is 2. The first-order chi connectivity index (χ1) is 16.5. The smallest absolute Gasteiger partial charge is 0.266 e. The van der Waals surface area contributed by atoms with E-state index < -0.39 is 0 Å². The number of anilines is 1. The van der Waals surface area contributed by atoms with Gasteiger partial charge in [-0.15, -0.1) is 0 Å². The number of nitrogens with zero attached hydrogens (tertiary/aromatic N) is 3. The molecule has 0 aliphatic carbocycles. The summed E-state index contributed by atoms with van der Waals surface area (Å²) in [6.45, 7) is 5.58. The lowest BCUT2D eigenvalue weighted by atomic mass is 10.1. The van der Waals surface area contributed by atoms with E-state index in [-0.39, 0.29) is 11.8 Å². The van der Waals surface area contributed by atoms with E-state index in [4.69, 9.17) is 12.2 Å². The molecule has 2 aliphatic rings. The normalized spacial score (nSPS) is 18.2. The van der Waals surface area contributed by atoms with E-state index >= 15 is 0 Å². The fourth-order valence-electron chi connectivity index (χ4n) is 4.15. The van der Waals surface area contributed by atoms with Crippen molar-refractivity contribution in [3.63, 3.8) is 0 Å². The van der Waals surface area contributed by atoms with Gasteiger partial charge >= 0.3 is 0 Å². The number of thioether (sulfide) groups is 1. The molecule has 0 atom stereocenters. The van der Waals surface area contributed by atoms with Crippen molar-refractivity contribution in [3.05, 3.63) is 82.8 Å². The van der Waals surface area contributed by atoms with Crippen LogP contribution in [0.15, 0.2) is 77.2 Å². The van der Waals surface area contributed by atoms with Crippen molar-refractivity contribution in [2.24, 2.45) is 0 Å². The molecule has 0 bridgehead atoms. The van der Waals surface area contributed by atoms with Crippen LogP contribution in [-0.4, -0.2) is 58.7 Å². The van der Waals surface area contributed by atoms with Crippen LogP contribution < -0.4 is 4.90 Å². The number of allylic oxidation sites excluding steroid dienone is 2. The van der Waals surface area contributed by atoms with E-state index in [1.807, 2.05) is 72.5 Å². The summed E-state index contributed by atoms with van der Waals surface area (Å²) in [5, 5.41) is 0. The highest BCUT2D eigenvalue weighted by Crippen LogP contribution is 2.32. The molecule has 2 saturated heterocycles. The van der Waals surface area contributed by atoms with Crippen molar-refractivity contribution in [3.8, 4) is 0 Å². The Morgan fingerprint density at radius 1 is 1.00 bits per heavy atom. The number of piperazine rings is 1. The summed E-state index contributed by atoms with van der Waals surface area (Å²) in [7, 11) is 0. The molecule has 7 heteroatoms. The Morgan fingerprint density at radius 2 is 1.65 bits per heavy atom. The lowest BCUT2D eigenvalue weighted by Crippen LogP contribution is -2.48. The average molecular weight is 492 g/mol. The van der Waals surface area contributed by atoms with Crippen molar-refractivity contribution in [1.29, 1.82) is 0 Å². The maximum atomic E-state index is 12.9. The van der Waals surface area contributed by atoms with E-state index in [1.165, 1.54) is 17.4 Å². The molecular formula is C27H29N3O2S2. The summed E-state index contributed by atoms with van der Waals surface area (Å²) in [6.07, 6.45) is 4.97. The zero-order valence-corrected chi connectivity index (χ0v) is 21.0. The molecule has 4 rings (SSSR count). The Morgan fingerprint density at radius 3 is 2.32 bits per heavy atom. The van der Waals surface area contributed by atoms with Crippen LogP contribution in [0, 0.1) is 0 Å². The first kappa shape index (κ1) is 24.2. The molecular weight excluding hydrogens is 462 g/mol. The van der Waals surface area contributed by atoms with Crippen LogP contribution in [0.1, 0.15) is 25.3 Å². The molecule has 0 saturated carbocycles. The van der Waals surface area contributed by atoms with Crippen LogP contribution in [-0.2, 0) is 9.59 Å². The number of carbonyl (C=O) groups excluding carboxylic acids is 2. The van der Waals surface area contributed by atoms with Crippen LogP contribution in [0.3, 0.4) is 0 Å². The standard InChI is InChI=1S/C27H29N3O2S2/c1-21(19-22-9-4-2-5-10-22)20-24-26(32)30(27(33)34-24)14-8-13-25(31)29-17-15-28(16-18-29)23-11-6-3-7-12-23/h2-7,9-12,19-20H,8,13-18H2,1H3/b21-19+,24-20-. The van der Waals surface area contributed by atoms with Crippen LogP contribution in [0.5, 0.6) is 0 Å². The fraction of sp³-hybridized carbons (Fsp3) is 0.296. The van der Waals surface area contributed by atoms with Gasteiger partial charge in [0.25, 0.3) is 5.91 Å². The third-order valence-electron chi connectivity index (χ3n) is 5.95. The van der Waals surface area contributed by atoms with Crippen LogP contribution in [0.2, 0.25) is 0 Å². The summed E-state index contributed by atoms with van der Waals surface area (Å²) < 4.78 is 0.563. The SMILES string of the molecule is CC(/C=C1\SC(=S)N(CCCC(=O)N2CCN(c3ccccc3)CC2)C1=O)=C\c1ccccc1. The second kappa shape index (κ2) is 11.5. The summed E-state index contributed by atoms with van der Waals surface area (Å²) in [6, 6.07) is 20.3. The van der Waals surface area contributed by atoms with Gasteiger partial charge in [-0.2, -0.15) is 0 Å². The molecule has 34 heavy (non-hydrogen) atoms. The monoisotopic (exact) mass is 491 g/mol. The minimum absolute atomic E-state index is 0.0697. The highest BCUT2D eigenvalue weighted by atomic mass is 32.2. The van der Waals surface area contributed by atoms with Gasteiger partial charge in [0.05, 0.1) is 4.91 Å². The molecule has 2 aliphatic heterocycles. The first-order valence-corrected chi connectivity index (χ1v) is 12.8. The zero-order chi connectivity index (χ0) is 23.9. The highest BCUT2D eigenvalue weighted by Gasteiger charge is 2.32. The van der Waals surface area contributed by atoms with Crippen molar-refractivity contribution >= 4 is 51.9 Å². The van der Waals surface area contributed by atoms with Crippen molar-refractivity contribution in [1.82, 2.24) is 9.80 Å². The predicted octanol–water partition coefficient (Wildman–Crippen LogP) is 4.96. The van der Waals surface area contributed by atoms with Gasteiger partial charge in [0, 0.05) is 44.8 Å². The van der Waals surface area contributed by atoms with Gasteiger partial charge in [0.1, 0.15) is 4.32 Å². The maximum Gasteiger partial charge on any atom is 0.266 e. The van der Waals surface area contributed by atoms with Crippen LogP contribution in [0.4, 0.5) is 5.69 Å². The maximum absolute atomic E-state index is 12.9. The molecule has 0 N–H and O–H groups in total. The van der Waals surface area contributed by atoms with Gasteiger partial charge in [-0.05, 0) is 42.7 Å². The van der Waals surface area contributed by atoms with Gasteiger partial charge in [0.2, 0.25) is 5.91 Å². The first-order valence-electron chi connectivity index (χ1n) is 11.6. The Labute approximate surface area is 211 Å². The van der Waals surface area contributed by atoms with Gasteiger partial charge in [0.15, 0.2) is 0 Å². The molecule has 2 aromatic rings. The third-order valence-corrected chi connectivity index (χ3v) is 7.33. The molecule has 0 spiro atoms. The number of hydrogen-bond donors (Lipinski definition) is 0. The molecule has 2 aromatic carbocycles. The molecule has 176 valence electrons. The molecule has 2 heterocycles. The number of thiocarbonyl (C=S) groups is 1. The number of amides is 2. The Bertz CT molecular complexity index is 1090. The van der Waals surface area contributed by atoms with Gasteiger partial charge in [-0.1, -0.05) is 78.6 Å². The lowest BCUT2D eigenvalue weighted by Gasteiger charge is -2.36. The third kappa shape index (κ3) is 6.15. The van der Waals surface area contributed by atoms with Crippen molar-refractivity contribution < 1.29 is 9.59 Å². The molecule has 0 aromatic heterocycles. The van der Waals surface area contributed by atoms with E-state index in [1.54, 1.807) is 4.90 Å². The molecule has 2 amide bonds. The van der Waals surface area contributed by atoms with Crippen LogP contribution in [0.25, 0.3) is 6.08 Å². The van der Waals surface area contributed by atoms with Gasteiger partial charge in [-0.3, -0.25) is 14.5 Å². The summed E-state index contributed by atoms with van der Waals surface area (Å²) in [4.78, 5) is 32.1. The van der Waals surface area contributed by atoms with E-state index in [9.17, 15) is 9.59 Å².